The van der Waals surface area contributed by atoms with Gasteiger partial charge in [0.15, 0.2) is 0 Å². The van der Waals surface area contributed by atoms with Gasteiger partial charge in [-0.1, -0.05) is 11.8 Å². The number of ether oxygens (including phenoxy) is 1. The summed E-state index contributed by atoms with van der Waals surface area (Å²) in [4.78, 5) is 18.1. The molecule has 1 aromatic rings. The first-order valence-corrected chi connectivity index (χ1v) is 8.24. The summed E-state index contributed by atoms with van der Waals surface area (Å²) in [5, 5.41) is 2.41. The number of hydrogen-bond acceptors (Lipinski definition) is 5. The Labute approximate surface area is 122 Å². The second-order valence-electron chi connectivity index (χ2n) is 5.61. The van der Waals surface area contributed by atoms with E-state index in [2.05, 4.69) is 4.98 Å². The molecule has 0 unspecified atom stereocenters. The van der Waals surface area contributed by atoms with Crippen LogP contribution in [0, 0.1) is 0 Å². The summed E-state index contributed by atoms with van der Waals surface area (Å²) in [5.74, 6) is 0. The lowest BCUT2D eigenvalue weighted by Crippen LogP contribution is -2.43. The van der Waals surface area contributed by atoms with E-state index in [4.69, 9.17) is 4.74 Å². The molecule has 2 rings (SSSR count). The molecular weight excluding hydrogens is 280 g/mol. The summed E-state index contributed by atoms with van der Waals surface area (Å²) in [7, 11) is 0. The average Bonchev–Trinajstić information content (AvgIpc) is 2.80. The predicted molar refractivity (Wildman–Crippen MR) is 78.8 cm³/mol. The van der Waals surface area contributed by atoms with E-state index in [9.17, 15) is 4.79 Å². The highest BCUT2D eigenvalue weighted by atomic mass is 32.2. The Morgan fingerprint density at radius 1 is 1.58 bits per heavy atom. The fourth-order valence-electron chi connectivity index (χ4n) is 1.94. The summed E-state index contributed by atoms with van der Waals surface area (Å²) >= 11 is 3.42. The van der Waals surface area contributed by atoms with Gasteiger partial charge in [0.05, 0.1) is 0 Å². The second-order valence-corrected chi connectivity index (χ2v) is 8.05. The molecule has 0 aliphatic carbocycles. The molecule has 0 N–H and O–H groups in total. The monoisotopic (exact) mass is 300 g/mol. The van der Waals surface area contributed by atoms with Gasteiger partial charge in [-0.25, -0.2) is 9.78 Å². The van der Waals surface area contributed by atoms with E-state index in [1.165, 1.54) is 0 Å². The minimum Gasteiger partial charge on any atom is -0.444 e. The minimum absolute atomic E-state index is 0.197. The number of rotatable bonds is 2. The van der Waals surface area contributed by atoms with Crippen molar-refractivity contribution < 1.29 is 9.53 Å². The molecule has 1 saturated heterocycles. The van der Waals surface area contributed by atoms with Gasteiger partial charge in [0.1, 0.15) is 9.94 Å². The maximum absolute atomic E-state index is 12.0. The lowest BCUT2D eigenvalue weighted by Gasteiger charge is -2.33. The third kappa shape index (κ3) is 4.69. The topological polar surface area (TPSA) is 42.4 Å². The highest BCUT2D eigenvalue weighted by Crippen LogP contribution is 2.31. The number of amides is 1. The van der Waals surface area contributed by atoms with E-state index in [0.29, 0.717) is 5.25 Å². The zero-order valence-corrected chi connectivity index (χ0v) is 13.2. The lowest BCUT2D eigenvalue weighted by molar-refractivity contribution is 0.0220. The Hall–Kier alpha value is -0.750. The number of aromatic nitrogens is 1. The number of piperidine rings is 1. The van der Waals surface area contributed by atoms with E-state index in [1.54, 1.807) is 23.1 Å². The van der Waals surface area contributed by atoms with Crippen LogP contribution in [0.5, 0.6) is 0 Å². The smallest absolute Gasteiger partial charge is 0.410 e. The number of carbonyl (C=O) groups excluding carboxylic acids is 1. The van der Waals surface area contributed by atoms with Crippen molar-refractivity contribution >= 4 is 29.2 Å². The van der Waals surface area contributed by atoms with Gasteiger partial charge < -0.3 is 9.64 Å². The van der Waals surface area contributed by atoms with Gasteiger partial charge in [0.25, 0.3) is 0 Å². The van der Waals surface area contributed by atoms with Crippen molar-refractivity contribution in [3.05, 3.63) is 11.6 Å². The van der Waals surface area contributed by atoms with Gasteiger partial charge in [0.2, 0.25) is 0 Å². The predicted octanol–water partition coefficient (Wildman–Crippen LogP) is 3.63. The molecule has 0 spiro atoms. The number of likely N-dealkylation sites (tertiary alicyclic amines) is 1. The second kappa shape index (κ2) is 6.13. The standard InChI is InChI=1S/C13H20N2O2S2/c1-13(2,3)17-12(16)15-7-4-5-10(9-15)19-11-14-6-8-18-11/h6,8,10H,4-5,7,9H2,1-3H3/t10-/m0/s1. The SMILES string of the molecule is CC(C)(C)OC(=O)N1CCC[C@H](Sc2nccs2)C1. The van der Waals surface area contributed by atoms with Gasteiger partial charge in [-0.15, -0.1) is 11.3 Å². The van der Waals surface area contributed by atoms with E-state index in [0.717, 1.165) is 30.3 Å². The van der Waals surface area contributed by atoms with Crippen LogP contribution in [-0.4, -0.2) is 39.9 Å². The van der Waals surface area contributed by atoms with Crippen LogP contribution in [-0.2, 0) is 4.74 Å². The van der Waals surface area contributed by atoms with Crippen molar-refractivity contribution in [3.63, 3.8) is 0 Å². The molecule has 0 bridgehead atoms. The normalized spacial score (nSPS) is 20.4. The van der Waals surface area contributed by atoms with Crippen molar-refractivity contribution in [2.75, 3.05) is 13.1 Å². The largest absolute Gasteiger partial charge is 0.444 e. The van der Waals surface area contributed by atoms with E-state index in [1.807, 2.05) is 37.2 Å². The summed E-state index contributed by atoms with van der Waals surface area (Å²) in [6.45, 7) is 7.24. The van der Waals surface area contributed by atoms with Crippen LogP contribution < -0.4 is 0 Å². The van der Waals surface area contributed by atoms with Gasteiger partial charge in [-0.05, 0) is 33.6 Å². The first kappa shape index (κ1) is 14.7. The molecule has 0 saturated carbocycles. The maximum Gasteiger partial charge on any atom is 0.410 e. The first-order chi connectivity index (χ1) is 8.94. The van der Waals surface area contributed by atoms with Crippen LogP contribution >= 0.6 is 23.1 Å². The number of nitrogens with zero attached hydrogens (tertiary/aromatic N) is 2. The van der Waals surface area contributed by atoms with Crippen molar-refractivity contribution in [1.82, 2.24) is 9.88 Å². The highest BCUT2D eigenvalue weighted by Gasteiger charge is 2.28. The van der Waals surface area contributed by atoms with Crippen LogP contribution in [0.4, 0.5) is 4.79 Å². The molecule has 4 nitrogen and oxygen atoms in total. The Kier molecular flexibility index (Phi) is 4.73. The first-order valence-electron chi connectivity index (χ1n) is 6.48. The van der Waals surface area contributed by atoms with E-state index >= 15 is 0 Å². The minimum atomic E-state index is -0.424. The zero-order valence-electron chi connectivity index (χ0n) is 11.6. The van der Waals surface area contributed by atoms with Gasteiger partial charge in [-0.3, -0.25) is 0 Å². The Bertz CT molecular complexity index is 415. The van der Waals surface area contributed by atoms with E-state index < -0.39 is 5.60 Å². The Balaban J connectivity index is 1.88. The molecule has 0 aromatic carbocycles. The maximum atomic E-state index is 12.0. The van der Waals surface area contributed by atoms with Gasteiger partial charge in [-0.2, -0.15) is 0 Å². The molecule has 19 heavy (non-hydrogen) atoms. The molecule has 1 fully saturated rings. The molecule has 1 aliphatic rings. The summed E-state index contributed by atoms with van der Waals surface area (Å²) in [6, 6.07) is 0. The van der Waals surface area contributed by atoms with Crippen molar-refractivity contribution in [1.29, 1.82) is 0 Å². The molecule has 1 atom stereocenters. The van der Waals surface area contributed by atoms with Crippen molar-refractivity contribution in [3.8, 4) is 0 Å². The third-order valence-corrected chi connectivity index (χ3v) is 4.87. The summed E-state index contributed by atoms with van der Waals surface area (Å²) in [5.41, 5.74) is -0.424. The van der Waals surface area contributed by atoms with Crippen LogP contribution in [0.15, 0.2) is 15.9 Å². The highest BCUT2D eigenvalue weighted by molar-refractivity contribution is 8.01. The fourth-order valence-corrected chi connectivity index (χ4v) is 4.04. The quantitative estimate of drug-likeness (QED) is 0.836. The number of carbonyl (C=O) groups is 1. The van der Waals surface area contributed by atoms with Gasteiger partial charge in [0, 0.05) is 29.9 Å². The van der Waals surface area contributed by atoms with E-state index in [-0.39, 0.29) is 6.09 Å². The number of thiazole rings is 1. The number of thioether (sulfide) groups is 1. The molecule has 1 aromatic heterocycles. The van der Waals surface area contributed by atoms with Crippen LogP contribution in [0.25, 0.3) is 0 Å². The average molecular weight is 300 g/mol. The van der Waals surface area contributed by atoms with Crippen LogP contribution in [0.1, 0.15) is 33.6 Å². The molecular formula is C13H20N2O2S2. The Morgan fingerprint density at radius 3 is 3.00 bits per heavy atom. The fraction of sp³-hybridized carbons (Fsp3) is 0.692. The molecule has 0 radical (unpaired) electrons. The van der Waals surface area contributed by atoms with Crippen molar-refractivity contribution in [2.45, 2.75) is 48.8 Å². The molecule has 106 valence electrons. The van der Waals surface area contributed by atoms with Crippen molar-refractivity contribution in [2.24, 2.45) is 0 Å². The van der Waals surface area contributed by atoms with Crippen LogP contribution in [0.3, 0.4) is 0 Å². The molecule has 1 amide bonds. The zero-order chi connectivity index (χ0) is 13.9. The molecule has 6 heteroatoms. The Morgan fingerprint density at radius 2 is 2.37 bits per heavy atom. The lowest BCUT2D eigenvalue weighted by atomic mass is 10.1. The summed E-state index contributed by atoms with van der Waals surface area (Å²) < 4.78 is 6.51. The van der Waals surface area contributed by atoms with Gasteiger partial charge >= 0.3 is 6.09 Å². The number of hydrogen-bond donors (Lipinski definition) is 0. The van der Waals surface area contributed by atoms with Crippen LogP contribution in [0.2, 0.25) is 0 Å². The molecule has 1 aliphatic heterocycles. The summed E-state index contributed by atoms with van der Waals surface area (Å²) in [6.07, 6.45) is 3.78. The molecule has 2 heterocycles. The third-order valence-electron chi connectivity index (χ3n) is 2.71.